The van der Waals surface area contributed by atoms with E-state index in [0.29, 0.717) is 0 Å². The zero-order chi connectivity index (χ0) is 13.7. The summed E-state index contributed by atoms with van der Waals surface area (Å²) in [5, 5.41) is 10.6. The molecule has 4 heteroatoms. The SMILES string of the molecule is CCC(N)C(SC(C)C(C)O)c1ccccc1Cl. The largest absolute Gasteiger partial charge is 0.392 e. The van der Waals surface area contributed by atoms with Crippen molar-refractivity contribution >= 4 is 23.4 Å². The summed E-state index contributed by atoms with van der Waals surface area (Å²) >= 11 is 7.94. The van der Waals surface area contributed by atoms with Crippen LogP contribution in [0, 0.1) is 0 Å². The molecule has 0 spiro atoms. The van der Waals surface area contributed by atoms with Crippen molar-refractivity contribution in [3.63, 3.8) is 0 Å². The highest BCUT2D eigenvalue weighted by Crippen LogP contribution is 2.39. The van der Waals surface area contributed by atoms with Crippen molar-refractivity contribution in [1.29, 1.82) is 0 Å². The molecular formula is C14H22ClNOS. The van der Waals surface area contributed by atoms with Gasteiger partial charge in [-0.25, -0.2) is 0 Å². The third-order valence-electron chi connectivity index (χ3n) is 3.11. The lowest BCUT2D eigenvalue weighted by molar-refractivity contribution is 0.196. The highest BCUT2D eigenvalue weighted by molar-refractivity contribution is 8.00. The number of hydrogen-bond acceptors (Lipinski definition) is 3. The molecule has 0 radical (unpaired) electrons. The van der Waals surface area contributed by atoms with Crippen LogP contribution in [0.2, 0.25) is 5.02 Å². The fourth-order valence-corrected chi connectivity index (χ4v) is 3.42. The van der Waals surface area contributed by atoms with Crippen molar-refractivity contribution in [2.24, 2.45) is 5.73 Å². The molecule has 2 nitrogen and oxygen atoms in total. The molecule has 18 heavy (non-hydrogen) atoms. The molecular weight excluding hydrogens is 266 g/mol. The fourth-order valence-electron chi connectivity index (χ4n) is 1.67. The third-order valence-corrected chi connectivity index (χ3v) is 5.18. The normalized spacial score (nSPS) is 18.1. The summed E-state index contributed by atoms with van der Waals surface area (Å²) in [5.41, 5.74) is 7.27. The highest BCUT2D eigenvalue weighted by Gasteiger charge is 2.25. The Morgan fingerprint density at radius 3 is 2.44 bits per heavy atom. The number of benzene rings is 1. The second-order valence-electron chi connectivity index (χ2n) is 4.60. The second-order valence-corrected chi connectivity index (χ2v) is 6.53. The van der Waals surface area contributed by atoms with Gasteiger partial charge in [0.25, 0.3) is 0 Å². The van der Waals surface area contributed by atoms with Gasteiger partial charge in [0.2, 0.25) is 0 Å². The Balaban J connectivity index is 2.95. The molecule has 1 aromatic carbocycles. The summed E-state index contributed by atoms with van der Waals surface area (Å²) in [5.74, 6) is 0. The lowest BCUT2D eigenvalue weighted by atomic mass is 10.0. The summed E-state index contributed by atoms with van der Waals surface area (Å²) in [6, 6.07) is 7.84. The van der Waals surface area contributed by atoms with E-state index >= 15 is 0 Å². The number of aliphatic hydroxyl groups excluding tert-OH is 1. The Morgan fingerprint density at radius 2 is 1.94 bits per heavy atom. The van der Waals surface area contributed by atoms with Gasteiger partial charge in [-0.1, -0.05) is 43.6 Å². The lowest BCUT2D eigenvalue weighted by Crippen LogP contribution is -2.29. The lowest BCUT2D eigenvalue weighted by Gasteiger charge is -2.27. The molecule has 0 aliphatic carbocycles. The van der Waals surface area contributed by atoms with Gasteiger partial charge in [-0.15, -0.1) is 11.8 Å². The Kier molecular flexibility index (Phi) is 6.50. The number of thioether (sulfide) groups is 1. The number of aliphatic hydroxyl groups is 1. The average Bonchev–Trinajstić information content (AvgIpc) is 2.35. The van der Waals surface area contributed by atoms with Gasteiger partial charge in [0.1, 0.15) is 0 Å². The van der Waals surface area contributed by atoms with Crippen molar-refractivity contribution in [1.82, 2.24) is 0 Å². The van der Waals surface area contributed by atoms with Crippen LogP contribution in [0.5, 0.6) is 0 Å². The molecule has 102 valence electrons. The van der Waals surface area contributed by atoms with E-state index in [4.69, 9.17) is 17.3 Å². The quantitative estimate of drug-likeness (QED) is 0.840. The molecule has 3 N–H and O–H groups in total. The maximum absolute atomic E-state index is 9.65. The van der Waals surface area contributed by atoms with E-state index in [1.54, 1.807) is 18.7 Å². The highest BCUT2D eigenvalue weighted by atomic mass is 35.5. The first kappa shape index (κ1) is 15.8. The molecule has 1 aromatic rings. The van der Waals surface area contributed by atoms with Crippen LogP contribution in [0.4, 0.5) is 0 Å². The molecule has 0 fully saturated rings. The van der Waals surface area contributed by atoms with Gasteiger partial charge < -0.3 is 10.8 Å². The van der Waals surface area contributed by atoms with Crippen molar-refractivity contribution in [3.05, 3.63) is 34.9 Å². The summed E-state index contributed by atoms with van der Waals surface area (Å²) in [6.07, 6.45) is 0.527. The summed E-state index contributed by atoms with van der Waals surface area (Å²) in [7, 11) is 0. The maximum Gasteiger partial charge on any atom is 0.0628 e. The zero-order valence-corrected chi connectivity index (χ0v) is 12.7. The van der Waals surface area contributed by atoms with Crippen LogP contribution in [-0.2, 0) is 0 Å². The van der Waals surface area contributed by atoms with Crippen LogP contribution < -0.4 is 5.73 Å². The minimum Gasteiger partial charge on any atom is -0.392 e. The Labute approximate surface area is 119 Å². The van der Waals surface area contributed by atoms with Gasteiger partial charge in [0.15, 0.2) is 0 Å². The monoisotopic (exact) mass is 287 g/mol. The van der Waals surface area contributed by atoms with Crippen LogP contribution in [0.1, 0.15) is 38.0 Å². The molecule has 0 amide bonds. The van der Waals surface area contributed by atoms with Crippen LogP contribution in [0.15, 0.2) is 24.3 Å². The number of halogens is 1. The van der Waals surface area contributed by atoms with E-state index in [0.717, 1.165) is 17.0 Å². The van der Waals surface area contributed by atoms with Crippen molar-refractivity contribution in [3.8, 4) is 0 Å². The number of rotatable bonds is 6. The fraction of sp³-hybridized carbons (Fsp3) is 0.571. The minimum absolute atomic E-state index is 0.0381. The number of nitrogens with two attached hydrogens (primary N) is 1. The smallest absolute Gasteiger partial charge is 0.0628 e. The molecule has 0 aliphatic heterocycles. The molecule has 0 bridgehead atoms. The van der Waals surface area contributed by atoms with E-state index in [-0.39, 0.29) is 22.6 Å². The predicted molar refractivity (Wildman–Crippen MR) is 81.2 cm³/mol. The van der Waals surface area contributed by atoms with Crippen molar-refractivity contribution in [2.75, 3.05) is 0 Å². The van der Waals surface area contributed by atoms with E-state index in [1.807, 2.05) is 31.2 Å². The van der Waals surface area contributed by atoms with E-state index < -0.39 is 0 Å². The van der Waals surface area contributed by atoms with E-state index in [2.05, 4.69) is 6.92 Å². The molecule has 0 saturated carbocycles. The van der Waals surface area contributed by atoms with Crippen LogP contribution in [0.25, 0.3) is 0 Å². The first-order chi connectivity index (χ1) is 8.47. The molecule has 0 aromatic heterocycles. The van der Waals surface area contributed by atoms with Gasteiger partial charge in [0.05, 0.1) is 6.10 Å². The van der Waals surface area contributed by atoms with Gasteiger partial charge in [-0.2, -0.15) is 0 Å². The van der Waals surface area contributed by atoms with Crippen molar-refractivity contribution in [2.45, 2.75) is 49.8 Å². The zero-order valence-electron chi connectivity index (χ0n) is 11.1. The van der Waals surface area contributed by atoms with Gasteiger partial charge in [0, 0.05) is 21.6 Å². The molecule has 4 atom stereocenters. The second kappa shape index (κ2) is 7.39. The van der Waals surface area contributed by atoms with Crippen LogP contribution in [-0.4, -0.2) is 22.5 Å². The maximum atomic E-state index is 9.65. The van der Waals surface area contributed by atoms with Crippen LogP contribution in [0.3, 0.4) is 0 Å². The van der Waals surface area contributed by atoms with Crippen molar-refractivity contribution < 1.29 is 5.11 Å². The third kappa shape index (κ3) is 4.16. The summed E-state index contributed by atoms with van der Waals surface area (Å²) < 4.78 is 0. The average molecular weight is 288 g/mol. The first-order valence-electron chi connectivity index (χ1n) is 6.30. The summed E-state index contributed by atoms with van der Waals surface area (Å²) in [6.45, 7) is 5.89. The number of hydrogen-bond donors (Lipinski definition) is 2. The Bertz CT molecular complexity index is 373. The van der Waals surface area contributed by atoms with Crippen LogP contribution >= 0.6 is 23.4 Å². The molecule has 0 saturated heterocycles. The standard InChI is InChI=1S/C14H22ClNOS/c1-4-13(16)14(18-10(3)9(2)17)11-7-5-6-8-12(11)15/h5-10,13-14,17H,4,16H2,1-3H3. The Morgan fingerprint density at radius 1 is 1.33 bits per heavy atom. The Hall–Kier alpha value is -0.220. The van der Waals surface area contributed by atoms with Gasteiger partial charge >= 0.3 is 0 Å². The van der Waals surface area contributed by atoms with E-state index in [1.165, 1.54) is 0 Å². The first-order valence-corrected chi connectivity index (χ1v) is 7.63. The molecule has 0 aliphatic rings. The topological polar surface area (TPSA) is 46.2 Å². The summed E-state index contributed by atoms with van der Waals surface area (Å²) in [4.78, 5) is 0. The molecule has 0 heterocycles. The van der Waals surface area contributed by atoms with Gasteiger partial charge in [-0.3, -0.25) is 0 Å². The van der Waals surface area contributed by atoms with E-state index in [9.17, 15) is 5.11 Å². The molecule has 1 rings (SSSR count). The molecule has 4 unspecified atom stereocenters. The van der Waals surface area contributed by atoms with Gasteiger partial charge in [-0.05, 0) is 25.0 Å². The predicted octanol–water partition coefficient (Wildman–Crippen LogP) is 3.62. The minimum atomic E-state index is -0.357.